The fourth-order valence-corrected chi connectivity index (χ4v) is 2.18. The molecule has 0 atom stereocenters. The zero-order valence-corrected chi connectivity index (χ0v) is 11.3. The van der Waals surface area contributed by atoms with Crippen molar-refractivity contribution in [3.05, 3.63) is 44.7 Å². The number of aryl methyl sites for hydroxylation is 2. The molecule has 0 spiro atoms. The lowest BCUT2D eigenvalue weighted by molar-refractivity contribution is 0.389. The number of hydrogen-bond donors (Lipinski definition) is 0. The third kappa shape index (κ3) is 1.68. The summed E-state index contributed by atoms with van der Waals surface area (Å²) >= 11 is 0. The highest BCUT2D eigenvalue weighted by Gasteiger charge is 2.15. The summed E-state index contributed by atoms with van der Waals surface area (Å²) < 4.78 is 9.07. The van der Waals surface area contributed by atoms with Crippen molar-refractivity contribution in [3.63, 3.8) is 0 Å². The lowest BCUT2D eigenvalue weighted by Crippen LogP contribution is -2.37. The number of fused-ring (bicyclic) bond motifs is 1. The van der Waals surface area contributed by atoms with Gasteiger partial charge in [-0.1, -0.05) is 5.16 Å². The molecule has 0 saturated heterocycles. The number of rotatable bonds is 2. The van der Waals surface area contributed by atoms with E-state index in [4.69, 9.17) is 4.52 Å². The first-order chi connectivity index (χ1) is 9.49. The van der Waals surface area contributed by atoms with E-state index < -0.39 is 5.69 Å². The van der Waals surface area contributed by atoms with Crippen LogP contribution in [0.25, 0.3) is 11.2 Å². The minimum Gasteiger partial charge on any atom is -0.361 e. The van der Waals surface area contributed by atoms with E-state index in [2.05, 4.69) is 10.1 Å². The van der Waals surface area contributed by atoms with Crippen LogP contribution in [0.4, 0.5) is 0 Å². The SMILES string of the molecule is Cc1cc(Cn2cnc3c2c(=O)n(C)c(=O)n3C)no1. The number of imidazole rings is 1. The van der Waals surface area contributed by atoms with Gasteiger partial charge >= 0.3 is 5.69 Å². The van der Waals surface area contributed by atoms with E-state index >= 15 is 0 Å². The Morgan fingerprint density at radius 1 is 1.25 bits per heavy atom. The van der Waals surface area contributed by atoms with E-state index in [1.165, 1.54) is 17.9 Å². The topological polar surface area (TPSA) is 87.9 Å². The number of nitrogens with zero attached hydrogens (tertiary/aromatic N) is 5. The molecule has 3 rings (SSSR count). The summed E-state index contributed by atoms with van der Waals surface area (Å²) in [5, 5.41) is 3.89. The predicted molar refractivity (Wildman–Crippen MR) is 70.6 cm³/mol. The van der Waals surface area contributed by atoms with Gasteiger partial charge < -0.3 is 9.09 Å². The molecule has 0 radical (unpaired) electrons. The van der Waals surface area contributed by atoms with Gasteiger partial charge in [-0.2, -0.15) is 0 Å². The fourth-order valence-electron chi connectivity index (χ4n) is 2.18. The highest BCUT2D eigenvalue weighted by atomic mass is 16.5. The van der Waals surface area contributed by atoms with Gasteiger partial charge in [0.15, 0.2) is 11.2 Å². The summed E-state index contributed by atoms with van der Waals surface area (Å²) in [5.74, 6) is 0.699. The maximum atomic E-state index is 12.2. The van der Waals surface area contributed by atoms with Crippen LogP contribution < -0.4 is 11.2 Å². The molecule has 0 fully saturated rings. The standard InChI is InChI=1S/C12H13N5O3/c1-7-4-8(14-20-7)5-17-6-13-10-9(17)11(18)16(3)12(19)15(10)2/h4,6H,5H2,1-3H3. The molecule has 0 amide bonds. The molecule has 0 unspecified atom stereocenters. The lowest BCUT2D eigenvalue weighted by Gasteiger charge is -2.05. The molecule has 0 saturated carbocycles. The van der Waals surface area contributed by atoms with Crippen LogP contribution in [0, 0.1) is 6.92 Å². The molecular weight excluding hydrogens is 262 g/mol. The Kier molecular flexibility index (Phi) is 2.60. The van der Waals surface area contributed by atoms with E-state index in [9.17, 15) is 9.59 Å². The highest BCUT2D eigenvalue weighted by Crippen LogP contribution is 2.09. The normalized spacial score (nSPS) is 11.3. The maximum Gasteiger partial charge on any atom is 0.332 e. The van der Waals surface area contributed by atoms with Crippen LogP contribution in [-0.4, -0.2) is 23.8 Å². The van der Waals surface area contributed by atoms with Crippen molar-refractivity contribution in [1.29, 1.82) is 0 Å². The number of hydrogen-bond acceptors (Lipinski definition) is 5. The van der Waals surface area contributed by atoms with E-state index in [0.29, 0.717) is 29.2 Å². The third-order valence-corrected chi connectivity index (χ3v) is 3.23. The van der Waals surface area contributed by atoms with Gasteiger partial charge in [0, 0.05) is 20.2 Å². The Morgan fingerprint density at radius 2 is 2.00 bits per heavy atom. The van der Waals surface area contributed by atoms with Gasteiger partial charge in [0.05, 0.1) is 12.9 Å². The summed E-state index contributed by atoms with van der Waals surface area (Å²) in [5.41, 5.74) is 0.650. The van der Waals surface area contributed by atoms with Crippen LogP contribution in [0.3, 0.4) is 0 Å². The van der Waals surface area contributed by atoms with Gasteiger partial charge in [-0.15, -0.1) is 0 Å². The molecule has 0 aliphatic heterocycles. The molecule has 8 heteroatoms. The van der Waals surface area contributed by atoms with Gasteiger partial charge in [0.1, 0.15) is 11.5 Å². The summed E-state index contributed by atoms with van der Waals surface area (Å²) in [7, 11) is 3.03. The van der Waals surface area contributed by atoms with Crippen LogP contribution >= 0.6 is 0 Å². The van der Waals surface area contributed by atoms with Crippen molar-refractivity contribution in [2.45, 2.75) is 13.5 Å². The van der Waals surface area contributed by atoms with E-state index in [1.54, 1.807) is 24.6 Å². The van der Waals surface area contributed by atoms with Crippen LogP contribution in [-0.2, 0) is 20.6 Å². The summed E-state index contributed by atoms with van der Waals surface area (Å²) in [4.78, 5) is 28.2. The fraction of sp³-hybridized carbons (Fsp3) is 0.333. The molecule has 0 aliphatic carbocycles. The summed E-state index contributed by atoms with van der Waals surface area (Å²) in [6.45, 7) is 2.16. The molecule has 0 bridgehead atoms. The van der Waals surface area contributed by atoms with Crippen LogP contribution in [0.2, 0.25) is 0 Å². The van der Waals surface area contributed by atoms with Gasteiger partial charge in [-0.05, 0) is 6.92 Å². The van der Waals surface area contributed by atoms with Crippen LogP contribution in [0.5, 0.6) is 0 Å². The van der Waals surface area contributed by atoms with Gasteiger partial charge in [0.25, 0.3) is 5.56 Å². The molecule has 20 heavy (non-hydrogen) atoms. The van der Waals surface area contributed by atoms with Crippen molar-refractivity contribution in [2.75, 3.05) is 0 Å². The Hall–Kier alpha value is -2.64. The molecule has 3 heterocycles. The summed E-state index contributed by atoms with van der Waals surface area (Å²) in [6, 6.07) is 1.79. The Labute approximate surface area is 112 Å². The molecular formula is C12H13N5O3. The highest BCUT2D eigenvalue weighted by molar-refractivity contribution is 5.70. The molecule has 104 valence electrons. The Morgan fingerprint density at radius 3 is 2.65 bits per heavy atom. The zero-order chi connectivity index (χ0) is 14.4. The van der Waals surface area contributed by atoms with E-state index in [1.807, 2.05) is 0 Å². The van der Waals surface area contributed by atoms with Gasteiger partial charge in [-0.3, -0.25) is 13.9 Å². The van der Waals surface area contributed by atoms with E-state index in [0.717, 1.165) is 4.57 Å². The predicted octanol–water partition coefficient (Wildman–Crippen LogP) is -0.222. The van der Waals surface area contributed by atoms with Crippen molar-refractivity contribution in [1.82, 2.24) is 23.8 Å². The van der Waals surface area contributed by atoms with Gasteiger partial charge in [0.2, 0.25) is 0 Å². The van der Waals surface area contributed by atoms with Crippen molar-refractivity contribution >= 4 is 11.2 Å². The average molecular weight is 275 g/mol. The molecule has 3 aromatic rings. The maximum absolute atomic E-state index is 12.2. The van der Waals surface area contributed by atoms with Crippen molar-refractivity contribution < 1.29 is 4.52 Å². The minimum absolute atomic E-state index is 0.360. The quantitative estimate of drug-likeness (QED) is 0.645. The molecule has 3 aromatic heterocycles. The van der Waals surface area contributed by atoms with Crippen molar-refractivity contribution in [3.8, 4) is 0 Å². The first-order valence-electron chi connectivity index (χ1n) is 6.02. The molecule has 0 aliphatic rings. The first-order valence-corrected chi connectivity index (χ1v) is 6.02. The smallest absolute Gasteiger partial charge is 0.332 e. The Bertz CT molecular complexity index is 911. The monoisotopic (exact) mass is 275 g/mol. The molecule has 0 aromatic carbocycles. The van der Waals surface area contributed by atoms with Gasteiger partial charge in [-0.25, -0.2) is 9.78 Å². The Balaban J connectivity index is 2.23. The first kappa shape index (κ1) is 12.4. The number of aromatic nitrogens is 5. The second-order valence-electron chi connectivity index (χ2n) is 4.68. The summed E-state index contributed by atoms with van der Waals surface area (Å²) in [6.07, 6.45) is 1.52. The minimum atomic E-state index is -0.398. The molecule has 0 N–H and O–H groups in total. The molecule has 8 nitrogen and oxygen atoms in total. The zero-order valence-electron chi connectivity index (χ0n) is 11.3. The second kappa shape index (κ2) is 4.19. The average Bonchev–Trinajstić information content (AvgIpc) is 3.01. The van der Waals surface area contributed by atoms with Crippen molar-refractivity contribution in [2.24, 2.45) is 14.1 Å². The largest absolute Gasteiger partial charge is 0.361 e. The van der Waals surface area contributed by atoms with E-state index in [-0.39, 0.29) is 5.56 Å². The second-order valence-corrected chi connectivity index (χ2v) is 4.68. The van der Waals surface area contributed by atoms with Crippen LogP contribution in [0.1, 0.15) is 11.5 Å². The third-order valence-electron chi connectivity index (χ3n) is 3.23. The lowest BCUT2D eigenvalue weighted by atomic mass is 10.3. The van der Waals surface area contributed by atoms with Crippen LogP contribution in [0.15, 0.2) is 26.5 Å².